The third-order valence-electron chi connectivity index (χ3n) is 2.78. The zero-order valence-corrected chi connectivity index (χ0v) is 12.0. The standard InChI is InChI=1S/C14H20ClNO2/c1-4-5-9-18-12-8-6-7-11(2)14(12)16(3)13(17)10-15/h6-8H,4-5,9-10H2,1-3H3. The molecule has 0 N–H and O–H groups in total. The number of anilines is 1. The maximum atomic E-state index is 11.7. The molecule has 0 bridgehead atoms. The molecule has 1 rings (SSSR count). The molecule has 3 nitrogen and oxygen atoms in total. The highest BCUT2D eigenvalue weighted by atomic mass is 35.5. The van der Waals surface area contributed by atoms with Gasteiger partial charge in [0.25, 0.3) is 0 Å². The Bertz CT molecular complexity index is 407. The van der Waals surface area contributed by atoms with Gasteiger partial charge in [0.1, 0.15) is 11.6 Å². The fraction of sp³-hybridized carbons (Fsp3) is 0.500. The van der Waals surface area contributed by atoms with E-state index < -0.39 is 0 Å². The molecule has 0 aliphatic heterocycles. The van der Waals surface area contributed by atoms with Crippen LogP contribution in [-0.2, 0) is 4.79 Å². The summed E-state index contributed by atoms with van der Waals surface area (Å²) in [5, 5.41) is 0. The van der Waals surface area contributed by atoms with Gasteiger partial charge in [0.15, 0.2) is 0 Å². The third kappa shape index (κ3) is 3.64. The van der Waals surface area contributed by atoms with Crippen molar-refractivity contribution in [3.05, 3.63) is 23.8 Å². The topological polar surface area (TPSA) is 29.5 Å². The van der Waals surface area contributed by atoms with E-state index in [0.717, 1.165) is 29.8 Å². The quantitative estimate of drug-likeness (QED) is 0.585. The van der Waals surface area contributed by atoms with E-state index in [1.807, 2.05) is 25.1 Å². The van der Waals surface area contributed by atoms with Crippen LogP contribution in [0.2, 0.25) is 0 Å². The van der Waals surface area contributed by atoms with Crippen molar-refractivity contribution < 1.29 is 9.53 Å². The number of benzene rings is 1. The zero-order chi connectivity index (χ0) is 13.5. The van der Waals surface area contributed by atoms with Gasteiger partial charge in [0.2, 0.25) is 5.91 Å². The van der Waals surface area contributed by atoms with E-state index in [0.29, 0.717) is 6.61 Å². The maximum absolute atomic E-state index is 11.7. The highest BCUT2D eigenvalue weighted by Crippen LogP contribution is 2.31. The predicted molar refractivity (Wildman–Crippen MR) is 75.7 cm³/mol. The second-order valence-electron chi connectivity index (χ2n) is 4.21. The number of alkyl halides is 1. The Labute approximate surface area is 114 Å². The number of nitrogens with zero attached hydrogens (tertiary/aromatic N) is 1. The number of rotatable bonds is 6. The van der Waals surface area contributed by atoms with Crippen molar-refractivity contribution in [2.45, 2.75) is 26.7 Å². The summed E-state index contributed by atoms with van der Waals surface area (Å²) in [6.07, 6.45) is 2.08. The van der Waals surface area contributed by atoms with Gasteiger partial charge in [-0.05, 0) is 25.0 Å². The van der Waals surface area contributed by atoms with Gasteiger partial charge in [-0.1, -0.05) is 25.5 Å². The van der Waals surface area contributed by atoms with Crippen LogP contribution >= 0.6 is 11.6 Å². The second kappa shape index (κ2) is 7.27. The molecule has 0 radical (unpaired) electrons. The largest absolute Gasteiger partial charge is 0.491 e. The second-order valence-corrected chi connectivity index (χ2v) is 4.48. The number of halogens is 1. The lowest BCUT2D eigenvalue weighted by atomic mass is 10.1. The minimum Gasteiger partial charge on any atom is -0.491 e. The number of carbonyl (C=O) groups excluding carboxylic acids is 1. The summed E-state index contributed by atoms with van der Waals surface area (Å²) >= 11 is 5.60. The number of carbonyl (C=O) groups is 1. The summed E-state index contributed by atoms with van der Waals surface area (Å²) in [7, 11) is 1.72. The Morgan fingerprint density at radius 2 is 2.17 bits per heavy atom. The molecule has 0 saturated heterocycles. The fourth-order valence-corrected chi connectivity index (χ4v) is 1.90. The van der Waals surface area contributed by atoms with Crippen molar-refractivity contribution in [3.63, 3.8) is 0 Å². The number of amides is 1. The molecule has 0 aliphatic carbocycles. The molecule has 18 heavy (non-hydrogen) atoms. The van der Waals surface area contributed by atoms with Gasteiger partial charge in [-0.15, -0.1) is 11.6 Å². The van der Waals surface area contributed by atoms with E-state index in [2.05, 4.69) is 6.92 Å². The molecule has 0 aliphatic rings. The zero-order valence-electron chi connectivity index (χ0n) is 11.2. The highest BCUT2D eigenvalue weighted by molar-refractivity contribution is 6.29. The summed E-state index contributed by atoms with van der Waals surface area (Å²) < 4.78 is 5.74. The molecule has 0 aromatic heterocycles. The van der Waals surface area contributed by atoms with Gasteiger partial charge in [-0.25, -0.2) is 0 Å². The van der Waals surface area contributed by atoms with Gasteiger partial charge in [-0.3, -0.25) is 4.79 Å². The molecule has 100 valence electrons. The monoisotopic (exact) mass is 269 g/mol. The van der Waals surface area contributed by atoms with Crippen LogP contribution in [-0.4, -0.2) is 25.4 Å². The van der Waals surface area contributed by atoms with Crippen LogP contribution in [0.1, 0.15) is 25.3 Å². The SMILES string of the molecule is CCCCOc1cccc(C)c1N(C)C(=O)CCl. The average molecular weight is 270 g/mol. The van der Waals surface area contributed by atoms with Gasteiger partial charge in [0.05, 0.1) is 12.3 Å². The Kier molecular flexibility index (Phi) is 5.99. The summed E-state index contributed by atoms with van der Waals surface area (Å²) in [6, 6.07) is 5.77. The van der Waals surface area contributed by atoms with Crippen LogP contribution in [0.4, 0.5) is 5.69 Å². The minimum absolute atomic E-state index is 0.0285. The number of hydrogen-bond donors (Lipinski definition) is 0. The first-order valence-electron chi connectivity index (χ1n) is 6.16. The smallest absolute Gasteiger partial charge is 0.241 e. The first kappa shape index (κ1) is 14.8. The van der Waals surface area contributed by atoms with E-state index >= 15 is 0 Å². The average Bonchev–Trinajstić information content (AvgIpc) is 2.37. The molecule has 1 aromatic carbocycles. The van der Waals surface area contributed by atoms with Crippen LogP contribution < -0.4 is 9.64 Å². The number of aryl methyl sites for hydroxylation is 1. The maximum Gasteiger partial charge on any atom is 0.241 e. The molecule has 0 atom stereocenters. The Hall–Kier alpha value is -1.22. The Morgan fingerprint density at radius 3 is 2.78 bits per heavy atom. The number of hydrogen-bond acceptors (Lipinski definition) is 2. The summed E-state index contributed by atoms with van der Waals surface area (Å²) in [6.45, 7) is 4.74. The van der Waals surface area contributed by atoms with Crippen molar-refractivity contribution in [2.75, 3.05) is 24.4 Å². The Balaban J connectivity index is 2.96. The molecular formula is C14H20ClNO2. The molecule has 0 fully saturated rings. The number of para-hydroxylation sites is 1. The predicted octanol–water partition coefficient (Wildman–Crippen LogP) is 3.38. The van der Waals surface area contributed by atoms with E-state index in [-0.39, 0.29) is 11.8 Å². The number of ether oxygens (including phenoxy) is 1. The normalized spacial score (nSPS) is 10.2. The Morgan fingerprint density at radius 1 is 1.44 bits per heavy atom. The van der Waals surface area contributed by atoms with Crippen molar-refractivity contribution in [1.29, 1.82) is 0 Å². The van der Waals surface area contributed by atoms with E-state index in [9.17, 15) is 4.79 Å². The van der Waals surface area contributed by atoms with E-state index in [1.54, 1.807) is 11.9 Å². The summed E-state index contributed by atoms with van der Waals surface area (Å²) in [5.41, 5.74) is 1.81. The third-order valence-corrected chi connectivity index (χ3v) is 3.01. The first-order chi connectivity index (χ1) is 8.61. The van der Waals surface area contributed by atoms with Crippen LogP contribution in [0.5, 0.6) is 5.75 Å². The molecule has 4 heteroatoms. The van der Waals surface area contributed by atoms with Gasteiger partial charge < -0.3 is 9.64 Å². The van der Waals surface area contributed by atoms with Gasteiger partial charge >= 0.3 is 0 Å². The fourth-order valence-electron chi connectivity index (χ4n) is 1.72. The van der Waals surface area contributed by atoms with Crippen molar-refractivity contribution >= 4 is 23.2 Å². The highest BCUT2D eigenvalue weighted by Gasteiger charge is 2.16. The molecule has 1 aromatic rings. The van der Waals surface area contributed by atoms with Gasteiger partial charge in [0, 0.05) is 7.05 Å². The van der Waals surface area contributed by atoms with Crippen LogP contribution in [0, 0.1) is 6.92 Å². The van der Waals surface area contributed by atoms with Crippen molar-refractivity contribution in [1.82, 2.24) is 0 Å². The van der Waals surface area contributed by atoms with Crippen molar-refractivity contribution in [2.24, 2.45) is 0 Å². The molecule has 0 heterocycles. The summed E-state index contributed by atoms with van der Waals surface area (Å²) in [4.78, 5) is 13.2. The molecule has 0 saturated carbocycles. The minimum atomic E-state index is -0.133. The molecule has 0 unspecified atom stereocenters. The molecule has 0 spiro atoms. The summed E-state index contributed by atoms with van der Waals surface area (Å²) in [5.74, 6) is 0.579. The van der Waals surface area contributed by atoms with Gasteiger partial charge in [-0.2, -0.15) is 0 Å². The lowest BCUT2D eigenvalue weighted by molar-refractivity contribution is -0.116. The van der Waals surface area contributed by atoms with Crippen molar-refractivity contribution in [3.8, 4) is 5.75 Å². The van der Waals surface area contributed by atoms with E-state index in [1.165, 1.54) is 0 Å². The first-order valence-corrected chi connectivity index (χ1v) is 6.70. The molecular weight excluding hydrogens is 250 g/mol. The van der Waals surface area contributed by atoms with Crippen LogP contribution in [0.25, 0.3) is 0 Å². The lowest BCUT2D eigenvalue weighted by Crippen LogP contribution is -2.28. The van der Waals surface area contributed by atoms with Crippen LogP contribution in [0.15, 0.2) is 18.2 Å². The number of unbranched alkanes of at least 4 members (excludes halogenated alkanes) is 1. The molecule has 1 amide bonds. The van der Waals surface area contributed by atoms with Crippen LogP contribution in [0.3, 0.4) is 0 Å². The lowest BCUT2D eigenvalue weighted by Gasteiger charge is -2.22. The van der Waals surface area contributed by atoms with E-state index in [4.69, 9.17) is 16.3 Å².